The molecule has 4 aromatic heterocycles. The summed E-state index contributed by atoms with van der Waals surface area (Å²) < 4.78 is 4.68. The van der Waals surface area contributed by atoms with Crippen molar-refractivity contribution < 1.29 is 0 Å². The highest BCUT2D eigenvalue weighted by molar-refractivity contribution is 6.32. The van der Waals surface area contributed by atoms with E-state index in [2.05, 4.69) is 63.5 Å². The van der Waals surface area contributed by atoms with Gasteiger partial charge < -0.3 is 4.40 Å². The van der Waals surface area contributed by atoms with E-state index in [0.29, 0.717) is 23.7 Å². The predicted octanol–water partition coefficient (Wildman–Crippen LogP) is 8.89. The van der Waals surface area contributed by atoms with Crippen LogP contribution in [0.3, 0.4) is 0 Å². The number of fused-ring (bicyclic) bond motifs is 14. The highest BCUT2D eigenvalue weighted by atomic mass is 15.0. The minimum atomic E-state index is 0.477. The van der Waals surface area contributed by atoms with E-state index in [1.54, 1.807) is 0 Å². The summed E-state index contributed by atoms with van der Waals surface area (Å²) in [5.41, 5.74) is 13.9. The second-order valence-corrected chi connectivity index (χ2v) is 13.5. The molecule has 0 spiro atoms. The summed E-state index contributed by atoms with van der Waals surface area (Å²) >= 11 is 0. The Balaban J connectivity index is 1.47. The van der Waals surface area contributed by atoms with E-state index in [1.807, 2.05) is 0 Å². The van der Waals surface area contributed by atoms with Crippen LogP contribution in [0.1, 0.15) is 108 Å². The summed E-state index contributed by atoms with van der Waals surface area (Å²) in [6.07, 6.45) is 11.7. The van der Waals surface area contributed by atoms with Gasteiger partial charge in [-0.25, -0.2) is 4.98 Å². The van der Waals surface area contributed by atoms with Crippen LogP contribution in [0.2, 0.25) is 0 Å². The largest absolute Gasteiger partial charge is 0.308 e. The van der Waals surface area contributed by atoms with E-state index < -0.39 is 0 Å². The smallest absolute Gasteiger partial charge is 0.137 e. The zero-order valence-electron chi connectivity index (χ0n) is 23.2. The van der Waals surface area contributed by atoms with Gasteiger partial charge >= 0.3 is 0 Å². The molecule has 4 bridgehead atoms. The lowest BCUT2D eigenvalue weighted by Crippen LogP contribution is -2.23. The maximum atomic E-state index is 10.5. The summed E-state index contributed by atoms with van der Waals surface area (Å²) in [6.45, 7) is 0. The molecule has 0 aliphatic heterocycles. The third-order valence-corrected chi connectivity index (χ3v) is 11.9. The number of nitrogens with zero attached hydrogens (tertiary/aromatic N) is 5. The van der Waals surface area contributed by atoms with Gasteiger partial charge in [0.2, 0.25) is 0 Å². The van der Waals surface area contributed by atoms with Crippen LogP contribution in [0.25, 0.3) is 54.8 Å². The van der Waals surface area contributed by atoms with Gasteiger partial charge in [-0.3, -0.25) is 4.40 Å². The van der Waals surface area contributed by atoms with Gasteiger partial charge in [0, 0.05) is 27.7 Å². The molecule has 6 aliphatic rings. The van der Waals surface area contributed by atoms with Crippen molar-refractivity contribution in [2.75, 3.05) is 0 Å². The molecule has 0 N–H and O–H groups in total. The van der Waals surface area contributed by atoms with E-state index in [0.717, 1.165) is 38.8 Å². The first kappa shape index (κ1) is 22.0. The second-order valence-electron chi connectivity index (χ2n) is 13.5. The summed E-state index contributed by atoms with van der Waals surface area (Å²) in [5, 5.41) is 26.1. The van der Waals surface area contributed by atoms with Gasteiger partial charge in [-0.05, 0) is 128 Å². The lowest BCUT2D eigenvalue weighted by atomic mass is 9.64. The van der Waals surface area contributed by atoms with Crippen molar-refractivity contribution in [2.45, 2.75) is 75.0 Å². The Hall–Kier alpha value is -4.61. The number of aromatic nitrogens is 3. The van der Waals surface area contributed by atoms with E-state index in [1.165, 1.54) is 101 Å². The van der Waals surface area contributed by atoms with Crippen molar-refractivity contribution in [2.24, 2.45) is 0 Å². The third kappa shape index (κ3) is 2.32. The Morgan fingerprint density at radius 2 is 1.21 bits per heavy atom. The molecule has 3 aromatic carbocycles. The maximum absolute atomic E-state index is 10.5. The van der Waals surface area contributed by atoms with Crippen molar-refractivity contribution in [3.63, 3.8) is 0 Å². The van der Waals surface area contributed by atoms with Crippen LogP contribution in [0.15, 0.2) is 42.6 Å². The Morgan fingerprint density at radius 3 is 1.83 bits per heavy atom. The Morgan fingerprint density at radius 1 is 0.643 bits per heavy atom. The molecule has 4 heterocycles. The second kappa shape index (κ2) is 7.23. The Bertz CT molecular complexity index is 2460. The van der Waals surface area contributed by atoms with E-state index in [-0.39, 0.29) is 0 Å². The molecule has 7 aromatic rings. The third-order valence-electron chi connectivity index (χ3n) is 11.9. The van der Waals surface area contributed by atoms with Crippen molar-refractivity contribution in [1.29, 1.82) is 10.5 Å². The van der Waals surface area contributed by atoms with Crippen molar-refractivity contribution in [3.05, 3.63) is 76.0 Å². The molecular weight excluding hydrogens is 514 g/mol. The van der Waals surface area contributed by atoms with Crippen molar-refractivity contribution >= 4 is 54.8 Å². The number of imidazole rings is 1. The molecule has 0 unspecified atom stereocenters. The SMILES string of the molecule is N#Cc1cc2c(c3c1C1CCC3CC1)c1cc3c(nc4ccccn43)c3c4c5c(c(C#N)cc4n2c13)C1CCC5CC1. The van der Waals surface area contributed by atoms with Crippen LogP contribution in [0.4, 0.5) is 0 Å². The first-order chi connectivity index (χ1) is 20.7. The van der Waals surface area contributed by atoms with Crippen LogP contribution < -0.4 is 0 Å². The van der Waals surface area contributed by atoms with Crippen LogP contribution in [0, 0.1) is 22.7 Å². The van der Waals surface area contributed by atoms with Crippen molar-refractivity contribution in [1.82, 2.24) is 13.8 Å². The fourth-order valence-corrected chi connectivity index (χ4v) is 10.4. The minimum Gasteiger partial charge on any atom is -0.308 e. The summed E-state index contributed by atoms with van der Waals surface area (Å²) in [7, 11) is 0. The van der Waals surface area contributed by atoms with Crippen LogP contribution in [-0.2, 0) is 0 Å². The van der Waals surface area contributed by atoms with Crippen LogP contribution >= 0.6 is 0 Å². The molecule has 0 atom stereocenters. The standard InChI is InChI=1S/C37H27N5/c38-16-22-13-25-33(31-20-8-4-18(5-9-20)29(22)31)24-15-27-36(40-28-3-1-2-12-41(27)28)35-34-26(42(25)37(24)35)14-23(17-39)30-19-6-10-21(11-7-19)32(30)34/h1-3,12-15,18-21H,4-11H2. The quantitative estimate of drug-likeness (QED) is 0.192. The average Bonchev–Trinajstić information content (AvgIpc) is 3.71. The molecule has 5 nitrogen and oxygen atoms in total. The molecular formula is C37H27N5. The molecule has 5 heteroatoms. The fourth-order valence-electron chi connectivity index (χ4n) is 10.4. The van der Waals surface area contributed by atoms with Gasteiger partial charge in [0.15, 0.2) is 0 Å². The molecule has 2 fully saturated rings. The fraction of sp³-hybridized carbons (Fsp3) is 0.324. The van der Waals surface area contributed by atoms with Crippen LogP contribution in [-0.4, -0.2) is 13.8 Å². The Kier molecular flexibility index (Phi) is 3.80. The van der Waals surface area contributed by atoms with Crippen molar-refractivity contribution in [3.8, 4) is 12.1 Å². The zero-order valence-corrected chi connectivity index (χ0v) is 23.2. The van der Waals surface area contributed by atoms with Gasteiger partial charge in [-0.15, -0.1) is 0 Å². The summed E-state index contributed by atoms with van der Waals surface area (Å²) in [6, 6.07) is 18.3. The summed E-state index contributed by atoms with van der Waals surface area (Å²) in [4.78, 5) is 5.28. The van der Waals surface area contributed by atoms with Gasteiger partial charge in [0.25, 0.3) is 0 Å². The lowest BCUT2D eigenvalue weighted by Gasteiger charge is -2.39. The van der Waals surface area contributed by atoms with Crippen LogP contribution in [0.5, 0.6) is 0 Å². The zero-order chi connectivity index (χ0) is 27.4. The monoisotopic (exact) mass is 541 g/mol. The molecule has 13 rings (SSSR count). The van der Waals surface area contributed by atoms with Gasteiger partial charge in [0.1, 0.15) is 5.65 Å². The number of nitriles is 2. The molecule has 0 amide bonds. The summed E-state index contributed by atoms with van der Waals surface area (Å²) in [5.74, 6) is 1.96. The topological polar surface area (TPSA) is 69.3 Å². The number of rotatable bonds is 0. The number of hydrogen-bond donors (Lipinski definition) is 0. The average molecular weight is 542 g/mol. The normalized spacial score (nSPS) is 24.3. The number of pyridine rings is 1. The lowest BCUT2D eigenvalue weighted by molar-refractivity contribution is 0.360. The molecule has 6 aliphatic carbocycles. The highest BCUT2D eigenvalue weighted by Crippen LogP contribution is 2.58. The molecule has 0 radical (unpaired) electrons. The minimum absolute atomic E-state index is 0.477. The first-order valence-electron chi connectivity index (χ1n) is 15.7. The van der Waals surface area contributed by atoms with Gasteiger partial charge in [0.05, 0.1) is 50.8 Å². The Labute approximate surface area is 241 Å². The van der Waals surface area contributed by atoms with Gasteiger partial charge in [-0.2, -0.15) is 10.5 Å². The van der Waals surface area contributed by atoms with E-state index in [9.17, 15) is 10.5 Å². The molecule has 42 heavy (non-hydrogen) atoms. The number of hydrogen-bond acceptors (Lipinski definition) is 3. The van der Waals surface area contributed by atoms with Gasteiger partial charge in [-0.1, -0.05) is 6.07 Å². The van der Waals surface area contributed by atoms with E-state index in [4.69, 9.17) is 4.98 Å². The molecule has 0 saturated heterocycles. The maximum Gasteiger partial charge on any atom is 0.137 e. The number of benzene rings is 3. The molecule has 200 valence electrons. The molecule has 2 saturated carbocycles. The first-order valence-corrected chi connectivity index (χ1v) is 15.7. The highest BCUT2D eigenvalue weighted by Gasteiger charge is 2.41. The predicted molar refractivity (Wildman–Crippen MR) is 165 cm³/mol. The van der Waals surface area contributed by atoms with E-state index >= 15 is 0 Å².